The minimum atomic E-state index is -0.358. The normalized spacial score (nSPS) is 18.2. The van der Waals surface area contributed by atoms with Crippen LogP contribution in [0.1, 0.15) is 29.5 Å². The van der Waals surface area contributed by atoms with Gasteiger partial charge in [0.2, 0.25) is 0 Å². The Kier molecular flexibility index (Phi) is 6.12. The Hall–Kier alpha value is -2.53. The van der Waals surface area contributed by atoms with E-state index >= 15 is 0 Å². The molecule has 2 aromatic carbocycles. The van der Waals surface area contributed by atoms with Crippen molar-refractivity contribution < 1.29 is 14.3 Å². The molecule has 5 heteroatoms. The van der Waals surface area contributed by atoms with Crippen LogP contribution in [0.2, 0.25) is 0 Å². The van der Waals surface area contributed by atoms with E-state index in [0.717, 1.165) is 18.6 Å². The monoisotopic (exact) mass is 354 g/mol. The third-order valence-corrected chi connectivity index (χ3v) is 4.71. The molecular weight excluding hydrogens is 328 g/mol. The number of nitrogens with two attached hydrogens (primary N) is 1. The number of hydrogen-bond acceptors (Lipinski definition) is 4. The van der Waals surface area contributed by atoms with Crippen molar-refractivity contribution in [3.63, 3.8) is 0 Å². The number of carbonyl (C=O) groups excluding carboxylic acids is 1. The smallest absolute Gasteiger partial charge is 0.407 e. The van der Waals surface area contributed by atoms with Gasteiger partial charge in [-0.15, -0.1) is 0 Å². The van der Waals surface area contributed by atoms with Crippen LogP contribution in [0.15, 0.2) is 48.5 Å². The first-order chi connectivity index (χ1) is 12.7. The predicted octanol–water partition coefficient (Wildman–Crippen LogP) is 3.02. The summed E-state index contributed by atoms with van der Waals surface area (Å²) in [7, 11) is 0. The maximum Gasteiger partial charge on any atom is 0.407 e. The van der Waals surface area contributed by atoms with Gasteiger partial charge >= 0.3 is 6.09 Å². The Bertz CT molecular complexity index is 733. The number of amides is 1. The van der Waals surface area contributed by atoms with E-state index < -0.39 is 0 Å². The molecule has 0 aromatic heterocycles. The fourth-order valence-corrected chi connectivity index (χ4v) is 3.56. The first kappa shape index (κ1) is 18.3. The van der Waals surface area contributed by atoms with Gasteiger partial charge in [0.25, 0.3) is 0 Å². The van der Waals surface area contributed by atoms with Crippen LogP contribution in [-0.4, -0.2) is 31.9 Å². The molecule has 0 radical (unpaired) electrons. The summed E-state index contributed by atoms with van der Waals surface area (Å²) in [5.74, 6) is 1.00. The van der Waals surface area contributed by atoms with Gasteiger partial charge in [-0.25, -0.2) is 4.79 Å². The van der Waals surface area contributed by atoms with Gasteiger partial charge in [0, 0.05) is 18.5 Å². The highest BCUT2D eigenvalue weighted by Crippen LogP contribution is 2.38. The van der Waals surface area contributed by atoms with Gasteiger partial charge in [0.1, 0.15) is 12.4 Å². The number of nitrogens with one attached hydrogen (secondary N) is 1. The minimum absolute atomic E-state index is 0.00835. The van der Waals surface area contributed by atoms with Crippen LogP contribution in [0.3, 0.4) is 0 Å². The van der Waals surface area contributed by atoms with Gasteiger partial charge in [-0.1, -0.05) is 36.4 Å². The summed E-state index contributed by atoms with van der Waals surface area (Å²) in [4.78, 5) is 12.0. The van der Waals surface area contributed by atoms with E-state index in [1.54, 1.807) is 0 Å². The Balaban J connectivity index is 1.84. The van der Waals surface area contributed by atoms with Crippen molar-refractivity contribution in [3.05, 3.63) is 65.2 Å². The Morgan fingerprint density at radius 2 is 2.04 bits per heavy atom. The van der Waals surface area contributed by atoms with Gasteiger partial charge in [-0.3, -0.25) is 0 Å². The molecule has 2 aromatic rings. The topological polar surface area (TPSA) is 73.6 Å². The van der Waals surface area contributed by atoms with E-state index in [4.69, 9.17) is 15.2 Å². The van der Waals surface area contributed by atoms with Gasteiger partial charge in [-0.2, -0.15) is 0 Å². The van der Waals surface area contributed by atoms with Gasteiger partial charge in [0.15, 0.2) is 0 Å². The van der Waals surface area contributed by atoms with E-state index in [1.807, 2.05) is 31.2 Å². The van der Waals surface area contributed by atoms with Crippen molar-refractivity contribution >= 4 is 6.09 Å². The molecule has 0 saturated carbocycles. The second-order valence-electron chi connectivity index (χ2n) is 6.47. The third-order valence-electron chi connectivity index (χ3n) is 4.71. The molecule has 1 aliphatic rings. The maximum atomic E-state index is 12.0. The summed E-state index contributed by atoms with van der Waals surface area (Å²) in [6.07, 6.45) is 1.29. The molecular formula is C21H26N2O3. The molecule has 0 fully saturated rings. The van der Waals surface area contributed by atoms with Crippen molar-refractivity contribution in [2.24, 2.45) is 5.73 Å². The quantitative estimate of drug-likeness (QED) is 0.802. The lowest BCUT2D eigenvalue weighted by atomic mass is 9.91. The Morgan fingerprint density at radius 1 is 1.23 bits per heavy atom. The molecule has 5 nitrogen and oxygen atoms in total. The summed E-state index contributed by atoms with van der Waals surface area (Å²) >= 11 is 0. The van der Waals surface area contributed by atoms with Crippen LogP contribution in [0.5, 0.6) is 5.75 Å². The zero-order valence-corrected chi connectivity index (χ0v) is 15.1. The SMILES string of the molecule is CCOC(=O)NC1Cc2ccc(OCCN)cc2C1Cc1ccccc1. The molecule has 0 spiro atoms. The molecule has 0 saturated heterocycles. The zero-order valence-electron chi connectivity index (χ0n) is 15.1. The molecule has 2 unspecified atom stereocenters. The molecule has 3 N–H and O–H groups in total. The number of carbonyl (C=O) groups is 1. The average Bonchev–Trinajstić information content (AvgIpc) is 2.97. The van der Waals surface area contributed by atoms with Crippen LogP contribution in [0.25, 0.3) is 0 Å². The summed E-state index contributed by atoms with van der Waals surface area (Å²) in [5.41, 5.74) is 9.25. The summed E-state index contributed by atoms with van der Waals surface area (Å²) in [6.45, 7) is 3.15. The maximum absolute atomic E-state index is 12.0. The minimum Gasteiger partial charge on any atom is -0.492 e. The average molecular weight is 354 g/mol. The van der Waals surface area contributed by atoms with Gasteiger partial charge in [0.05, 0.1) is 6.61 Å². The molecule has 0 aliphatic heterocycles. The molecule has 138 valence electrons. The molecule has 0 bridgehead atoms. The molecule has 1 aliphatic carbocycles. The van der Waals surface area contributed by atoms with E-state index in [-0.39, 0.29) is 18.1 Å². The predicted molar refractivity (Wildman–Crippen MR) is 102 cm³/mol. The largest absolute Gasteiger partial charge is 0.492 e. The third kappa shape index (κ3) is 4.35. The Morgan fingerprint density at radius 3 is 2.77 bits per heavy atom. The summed E-state index contributed by atoms with van der Waals surface area (Å²) < 4.78 is 10.8. The second kappa shape index (κ2) is 8.72. The van der Waals surface area contributed by atoms with Crippen molar-refractivity contribution in [1.82, 2.24) is 5.32 Å². The van der Waals surface area contributed by atoms with Crippen LogP contribution in [0.4, 0.5) is 4.79 Å². The number of alkyl carbamates (subject to hydrolysis) is 1. The van der Waals surface area contributed by atoms with Gasteiger partial charge in [-0.05, 0) is 48.6 Å². The van der Waals surface area contributed by atoms with E-state index in [9.17, 15) is 4.79 Å². The fraction of sp³-hybridized carbons (Fsp3) is 0.381. The van der Waals surface area contributed by atoms with Crippen molar-refractivity contribution in [2.75, 3.05) is 19.8 Å². The lowest BCUT2D eigenvalue weighted by Crippen LogP contribution is -2.38. The van der Waals surface area contributed by atoms with E-state index in [2.05, 4.69) is 29.6 Å². The number of rotatable bonds is 7. The van der Waals surface area contributed by atoms with Crippen LogP contribution in [-0.2, 0) is 17.6 Å². The van der Waals surface area contributed by atoms with E-state index in [0.29, 0.717) is 19.8 Å². The molecule has 2 atom stereocenters. The Labute approximate surface area is 154 Å². The number of fused-ring (bicyclic) bond motifs is 1. The standard InChI is InChI=1S/C21H26N2O3/c1-2-25-21(24)23-20-13-16-8-9-17(26-11-10-22)14-18(16)19(20)12-15-6-4-3-5-7-15/h3-9,14,19-20H,2,10-13,22H2,1H3,(H,23,24). The van der Waals surface area contributed by atoms with Gasteiger partial charge < -0.3 is 20.5 Å². The first-order valence-electron chi connectivity index (χ1n) is 9.14. The summed E-state index contributed by atoms with van der Waals surface area (Å²) in [5, 5.41) is 3.04. The lowest BCUT2D eigenvalue weighted by Gasteiger charge is -2.22. The zero-order chi connectivity index (χ0) is 18.4. The molecule has 1 amide bonds. The summed E-state index contributed by atoms with van der Waals surface area (Å²) in [6, 6.07) is 16.5. The first-order valence-corrected chi connectivity index (χ1v) is 9.14. The highest BCUT2D eigenvalue weighted by Gasteiger charge is 2.34. The molecule has 26 heavy (non-hydrogen) atoms. The van der Waals surface area contributed by atoms with Crippen molar-refractivity contribution in [3.8, 4) is 5.75 Å². The fourth-order valence-electron chi connectivity index (χ4n) is 3.56. The van der Waals surface area contributed by atoms with Crippen molar-refractivity contribution in [2.45, 2.75) is 31.7 Å². The van der Waals surface area contributed by atoms with Crippen LogP contribution in [0, 0.1) is 0 Å². The highest BCUT2D eigenvalue weighted by atomic mass is 16.5. The molecule has 3 rings (SSSR count). The van der Waals surface area contributed by atoms with Crippen molar-refractivity contribution in [1.29, 1.82) is 0 Å². The van der Waals surface area contributed by atoms with E-state index in [1.165, 1.54) is 16.7 Å². The molecule has 0 heterocycles. The second-order valence-corrected chi connectivity index (χ2v) is 6.47. The lowest BCUT2D eigenvalue weighted by molar-refractivity contribution is 0.147. The number of ether oxygens (including phenoxy) is 2. The number of benzene rings is 2. The van der Waals surface area contributed by atoms with Crippen LogP contribution >= 0.6 is 0 Å². The highest BCUT2D eigenvalue weighted by molar-refractivity contribution is 5.68. The number of hydrogen-bond donors (Lipinski definition) is 2. The van der Waals surface area contributed by atoms with Crippen LogP contribution < -0.4 is 15.8 Å².